The van der Waals surface area contributed by atoms with Crippen molar-refractivity contribution in [2.24, 2.45) is 0 Å². The number of fused-ring (bicyclic) bond motifs is 16. The standard InChI is InChI=1S/C60H43N/c1-58(2)48-25-12-7-20-41(48)45-34-32-39(36-54(45)58)61(40-33-35-46-42-21-8-13-26-49(42)59(3,55(46)37-40)38-18-5-4-6-19-38)56-31-17-30-53-57(56)47-24-11-16-29-52(47)60(53)50-27-14-9-22-43(50)44-23-10-15-28-51(44)60/h4-37H,1-3H3. The summed E-state index contributed by atoms with van der Waals surface area (Å²) in [6.07, 6.45) is 0. The SMILES string of the molecule is CC1(C)c2ccccc2-c2ccc(N(c3ccc4c(c3)C(C)(c3ccccc3)c3ccccc3-4)c3cccc4c3-c3ccccc3C43c4ccccc4-c4ccccc43)cc21. The Morgan fingerprint density at radius 1 is 0.311 bits per heavy atom. The van der Waals surface area contributed by atoms with E-state index in [0.717, 1.165) is 11.4 Å². The van der Waals surface area contributed by atoms with E-state index in [1.54, 1.807) is 0 Å². The maximum absolute atomic E-state index is 2.58. The van der Waals surface area contributed by atoms with E-state index in [9.17, 15) is 0 Å². The molecule has 1 unspecified atom stereocenters. The molecule has 9 aromatic rings. The van der Waals surface area contributed by atoms with Crippen molar-refractivity contribution < 1.29 is 0 Å². The van der Waals surface area contributed by atoms with Gasteiger partial charge in [-0.05, 0) is 126 Å². The van der Waals surface area contributed by atoms with Gasteiger partial charge in [0.1, 0.15) is 0 Å². The summed E-state index contributed by atoms with van der Waals surface area (Å²) in [5.74, 6) is 0. The molecule has 13 rings (SSSR count). The zero-order valence-electron chi connectivity index (χ0n) is 34.6. The first kappa shape index (κ1) is 34.6. The van der Waals surface area contributed by atoms with Gasteiger partial charge in [-0.1, -0.05) is 190 Å². The summed E-state index contributed by atoms with van der Waals surface area (Å²) in [5, 5.41) is 0. The minimum atomic E-state index is -0.437. The molecule has 0 aromatic heterocycles. The second-order valence-corrected chi connectivity index (χ2v) is 18.1. The highest BCUT2D eigenvalue weighted by atomic mass is 15.1. The van der Waals surface area contributed by atoms with Crippen molar-refractivity contribution in [2.45, 2.75) is 37.0 Å². The lowest BCUT2D eigenvalue weighted by Crippen LogP contribution is -2.26. The minimum Gasteiger partial charge on any atom is -0.310 e. The van der Waals surface area contributed by atoms with Crippen LogP contribution in [0.4, 0.5) is 17.1 Å². The van der Waals surface area contributed by atoms with E-state index < -0.39 is 5.41 Å². The number of hydrogen-bond acceptors (Lipinski definition) is 1. The lowest BCUT2D eigenvalue weighted by atomic mass is 9.70. The van der Waals surface area contributed by atoms with Crippen LogP contribution < -0.4 is 4.90 Å². The molecule has 0 bridgehead atoms. The van der Waals surface area contributed by atoms with Crippen molar-refractivity contribution in [3.8, 4) is 44.5 Å². The van der Waals surface area contributed by atoms with Crippen LogP contribution >= 0.6 is 0 Å². The molecular weight excluding hydrogens is 735 g/mol. The van der Waals surface area contributed by atoms with Gasteiger partial charge in [-0.2, -0.15) is 0 Å². The molecule has 1 spiro atoms. The predicted molar refractivity (Wildman–Crippen MR) is 252 cm³/mol. The highest BCUT2D eigenvalue weighted by Gasteiger charge is 2.52. The van der Waals surface area contributed by atoms with Crippen LogP contribution in [0.2, 0.25) is 0 Å². The number of nitrogens with zero attached hydrogens (tertiary/aromatic N) is 1. The fourth-order valence-electron chi connectivity index (χ4n) is 12.3. The van der Waals surface area contributed by atoms with Crippen LogP contribution in [0, 0.1) is 0 Å². The number of anilines is 3. The fraction of sp³-hybridized carbons (Fsp3) is 0.100. The Morgan fingerprint density at radius 2 is 0.738 bits per heavy atom. The van der Waals surface area contributed by atoms with Gasteiger partial charge in [-0.15, -0.1) is 0 Å². The summed E-state index contributed by atoms with van der Waals surface area (Å²) in [4.78, 5) is 2.58. The lowest BCUT2D eigenvalue weighted by Gasteiger charge is -2.33. The topological polar surface area (TPSA) is 3.24 Å². The zero-order valence-corrected chi connectivity index (χ0v) is 34.6. The van der Waals surface area contributed by atoms with Crippen molar-refractivity contribution in [1.82, 2.24) is 0 Å². The van der Waals surface area contributed by atoms with Crippen molar-refractivity contribution in [3.05, 3.63) is 256 Å². The Labute approximate surface area is 358 Å². The normalized spacial score (nSPS) is 17.1. The molecule has 0 amide bonds. The average Bonchev–Trinajstić information content (AvgIpc) is 3.96. The van der Waals surface area contributed by atoms with Crippen molar-refractivity contribution in [2.75, 3.05) is 4.90 Å². The first-order valence-corrected chi connectivity index (χ1v) is 21.7. The fourth-order valence-corrected chi connectivity index (χ4v) is 12.3. The molecule has 0 fully saturated rings. The van der Waals surface area contributed by atoms with E-state index in [4.69, 9.17) is 0 Å². The maximum Gasteiger partial charge on any atom is 0.0726 e. The molecule has 9 aromatic carbocycles. The summed E-state index contributed by atoms with van der Waals surface area (Å²) in [5.41, 5.74) is 25.2. The Hall–Kier alpha value is -7.22. The van der Waals surface area contributed by atoms with Crippen LogP contribution in [0.25, 0.3) is 44.5 Å². The predicted octanol–water partition coefficient (Wildman–Crippen LogP) is 15.1. The zero-order chi connectivity index (χ0) is 40.7. The molecule has 0 heterocycles. The molecule has 288 valence electrons. The van der Waals surface area contributed by atoms with Crippen LogP contribution in [-0.2, 0) is 16.2 Å². The van der Waals surface area contributed by atoms with Crippen molar-refractivity contribution >= 4 is 17.1 Å². The summed E-state index contributed by atoms with van der Waals surface area (Å²) >= 11 is 0. The van der Waals surface area contributed by atoms with Gasteiger partial charge in [0.15, 0.2) is 0 Å². The Morgan fingerprint density at radius 3 is 1.36 bits per heavy atom. The third-order valence-electron chi connectivity index (χ3n) is 15.0. The summed E-state index contributed by atoms with van der Waals surface area (Å²) in [6, 6.07) is 78.1. The smallest absolute Gasteiger partial charge is 0.0726 e. The first-order chi connectivity index (χ1) is 29.9. The van der Waals surface area contributed by atoms with Gasteiger partial charge < -0.3 is 4.90 Å². The number of hydrogen-bond donors (Lipinski definition) is 0. The summed E-state index contributed by atoms with van der Waals surface area (Å²) < 4.78 is 0. The molecule has 0 aliphatic heterocycles. The lowest BCUT2D eigenvalue weighted by molar-refractivity contribution is 0.660. The molecule has 4 aliphatic carbocycles. The van der Waals surface area contributed by atoms with E-state index in [-0.39, 0.29) is 10.8 Å². The summed E-state index contributed by atoms with van der Waals surface area (Å²) in [7, 11) is 0. The maximum atomic E-state index is 2.58. The minimum absolute atomic E-state index is 0.147. The van der Waals surface area contributed by atoms with E-state index in [1.165, 1.54) is 100 Å². The third kappa shape index (κ3) is 4.31. The highest BCUT2D eigenvalue weighted by Crippen LogP contribution is 2.65. The van der Waals surface area contributed by atoms with E-state index in [1.807, 2.05) is 0 Å². The van der Waals surface area contributed by atoms with Crippen molar-refractivity contribution in [3.63, 3.8) is 0 Å². The molecule has 1 nitrogen and oxygen atoms in total. The first-order valence-electron chi connectivity index (χ1n) is 21.7. The average molecular weight is 778 g/mol. The molecule has 4 aliphatic rings. The van der Waals surface area contributed by atoms with Gasteiger partial charge in [0.25, 0.3) is 0 Å². The molecule has 0 radical (unpaired) electrons. The monoisotopic (exact) mass is 777 g/mol. The molecule has 0 saturated heterocycles. The molecular formula is C60H43N. The van der Waals surface area contributed by atoms with Crippen LogP contribution in [0.1, 0.15) is 70.8 Å². The molecule has 61 heavy (non-hydrogen) atoms. The Balaban J connectivity index is 1.11. The van der Waals surface area contributed by atoms with Gasteiger partial charge in [0.05, 0.1) is 11.1 Å². The van der Waals surface area contributed by atoms with Gasteiger partial charge in [-0.3, -0.25) is 0 Å². The second-order valence-electron chi connectivity index (χ2n) is 18.1. The van der Waals surface area contributed by atoms with Crippen LogP contribution in [0.5, 0.6) is 0 Å². The van der Waals surface area contributed by atoms with Crippen LogP contribution in [0.3, 0.4) is 0 Å². The van der Waals surface area contributed by atoms with Gasteiger partial charge in [-0.25, -0.2) is 0 Å². The highest BCUT2D eigenvalue weighted by molar-refractivity contribution is 6.02. The quantitative estimate of drug-likeness (QED) is 0.172. The summed E-state index contributed by atoms with van der Waals surface area (Å²) in [6.45, 7) is 7.20. The van der Waals surface area contributed by atoms with Gasteiger partial charge in [0, 0.05) is 27.8 Å². The Bertz CT molecular complexity index is 3270. The molecule has 1 atom stereocenters. The molecule has 1 heteroatoms. The second kappa shape index (κ2) is 12.2. The van der Waals surface area contributed by atoms with Gasteiger partial charge in [0.2, 0.25) is 0 Å². The van der Waals surface area contributed by atoms with E-state index in [0.29, 0.717) is 0 Å². The van der Waals surface area contributed by atoms with E-state index in [2.05, 4.69) is 232 Å². The van der Waals surface area contributed by atoms with Crippen LogP contribution in [-0.4, -0.2) is 0 Å². The number of rotatable bonds is 4. The number of benzene rings is 9. The van der Waals surface area contributed by atoms with Crippen LogP contribution in [0.15, 0.2) is 206 Å². The van der Waals surface area contributed by atoms with Gasteiger partial charge >= 0.3 is 0 Å². The molecule has 0 saturated carbocycles. The Kier molecular flexibility index (Phi) is 6.91. The molecule has 0 N–H and O–H groups in total. The van der Waals surface area contributed by atoms with E-state index >= 15 is 0 Å². The largest absolute Gasteiger partial charge is 0.310 e. The van der Waals surface area contributed by atoms with Crippen molar-refractivity contribution in [1.29, 1.82) is 0 Å². The third-order valence-corrected chi connectivity index (χ3v) is 15.0.